The average Bonchev–Trinajstić information content (AvgIpc) is 3.10. The number of fused-ring (bicyclic) bond motifs is 3. The van der Waals surface area contributed by atoms with Crippen molar-refractivity contribution in [2.45, 2.75) is 38.1 Å². The molecule has 0 saturated heterocycles. The number of primary sulfonamides is 1. The number of hydrogen-bond donors (Lipinski definition) is 2. The van der Waals surface area contributed by atoms with Crippen LogP contribution in [0.2, 0.25) is 0 Å². The number of nitrogens with two attached hydrogens (primary N) is 1. The average molecular weight is 438 g/mol. The summed E-state index contributed by atoms with van der Waals surface area (Å²) in [6, 6.07) is 14.0. The van der Waals surface area contributed by atoms with Crippen LogP contribution in [0.1, 0.15) is 28.9 Å². The third-order valence-corrected chi connectivity index (χ3v) is 6.29. The van der Waals surface area contributed by atoms with Gasteiger partial charge in [-0.3, -0.25) is 4.79 Å². The number of hydrogen-bond acceptors (Lipinski definition) is 5. The molecule has 8 nitrogen and oxygen atoms in total. The fourth-order valence-electron chi connectivity index (χ4n) is 3.66. The van der Waals surface area contributed by atoms with E-state index in [0.29, 0.717) is 19.4 Å². The first kappa shape index (κ1) is 21.0. The largest absolute Gasteiger partial charge is 0.352 e. The Balaban J connectivity index is 1.44. The SMILES string of the molecule is Cc1nc2c3ccccc3nn2c(C)c1CCC(=O)NCc1ccc(S(N)(=O)=O)cc1. The molecule has 0 radical (unpaired) electrons. The highest BCUT2D eigenvalue weighted by Crippen LogP contribution is 2.22. The summed E-state index contributed by atoms with van der Waals surface area (Å²) < 4.78 is 24.5. The maximum atomic E-state index is 12.4. The van der Waals surface area contributed by atoms with Crippen LogP contribution >= 0.6 is 0 Å². The Kier molecular flexibility index (Phi) is 5.47. The van der Waals surface area contributed by atoms with Gasteiger partial charge in [-0.15, -0.1) is 0 Å². The van der Waals surface area contributed by atoms with Gasteiger partial charge in [-0.1, -0.05) is 24.3 Å². The molecule has 2 heterocycles. The van der Waals surface area contributed by atoms with E-state index in [2.05, 4.69) is 10.4 Å². The number of aromatic nitrogens is 3. The molecule has 0 aliphatic rings. The van der Waals surface area contributed by atoms with Crippen LogP contribution in [-0.2, 0) is 27.8 Å². The van der Waals surface area contributed by atoms with Gasteiger partial charge in [0.05, 0.1) is 10.4 Å². The second-order valence-electron chi connectivity index (χ2n) is 7.48. The quantitative estimate of drug-likeness (QED) is 0.480. The number of carbonyl (C=O) groups excluding carboxylic acids is 1. The molecular weight excluding hydrogens is 414 g/mol. The van der Waals surface area contributed by atoms with Crippen LogP contribution in [-0.4, -0.2) is 28.9 Å². The van der Waals surface area contributed by atoms with E-state index < -0.39 is 10.0 Å². The Hall–Kier alpha value is -3.30. The van der Waals surface area contributed by atoms with E-state index in [0.717, 1.165) is 39.1 Å². The van der Waals surface area contributed by atoms with Gasteiger partial charge in [0.15, 0.2) is 5.65 Å². The van der Waals surface area contributed by atoms with Gasteiger partial charge in [0.25, 0.3) is 0 Å². The molecule has 0 aliphatic carbocycles. The van der Waals surface area contributed by atoms with Crippen LogP contribution in [0.25, 0.3) is 16.6 Å². The third-order valence-electron chi connectivity index (χ3n) is 5.36. The van der Waals surface area contributed by atoms with Crippen molar-refractivity contribution in [2.24, 2.45) is 5.14 Å². The lowest BCUT2D eigenvalue weighted by Gasteiger charge is -2.11. The summed E-state index contributed by atoms with van der Waals surface area (Å²) in [6.45, 7) is 4.26. The molecule has 0 saturated carbocycles. The van der Waals surface area contributed by atoms with Crippen LogP contribution in [0.4, 0.5) is 0 Å². The molecule has 2 aromatic carbocycles. The standard InChI is InChI=1S/C22H23N5O3S/c1-14-18(15(2)27-22(25-14)19-5-3-4-6-20(19)26-27)11-12-21(28)24-13-16-7-9-17(10-8-16)31(23,29)30/h3-10H,11-13H2,1-2H3,(H,24,28)(H2,23,29,30). The Labute approximate surface area is 180 Å². The Morgan fingerprint density at radius 2 is 1.81 bits per heavy atom. The lowest BCUT2D eigenvalue weighted by Crippen LogP contribution is -2.23. The number of carbonyl (C=O) groups is 1. The zero-order valence-corrected chi connectivity index (χ0v) is 18.1. The van der Waals surface area contributed by atoms with E-state index in [9.17, 15) is 13.2 Å². The minimum absolute atomic E-state index is 0.0442. The predicted octanol–water partition coefficient (Wildman–Crippen LogP) is 2.40. The molecule has 3 N–H and O–H groups in total. The van der Waals surface area contributed by atoms with E-state index >= 15 is 0 Å². The normalized spacial score (nSPS) is 11.8. The second kappa shape index (κ2) is 8.09. The van der Waals surface area contributed by atoms with E-state index in [4.69, 9.17) is 10.1 Å². The maximum Gasteiger partial charge on any atom is 0.238 e. The maximum absolute atomic E-state index is 12.4. The molecule has 160 valence electrons. The van der Waals surface area contributed by atoms with Gasteiger partial charge in [0.1, 0.15) is 0 Å². The van der Waals surface area contributed by atoms with Gasteiger partial charge in [0, 0.05) is 29.7 Å². The zero-order valence-electron chi connectivity index (χ0n) is 17.3. The lowest BCUT2D eigenvalue weighted by atomic mass is 10.1. The van der Waals surface area contributed by atoms with Crippen molar-refractivity contribution in [1.82, 2.24) is 19.9 Å². The van der Waals surface area contributed by atoms with Crippen molar-refractivity contribution in [1.29, 1.82) is 0 Å². The summed E-state index contributed by atoms with van der Waals surface area (Å²) in [7, 11) is -3.72. The van der Waals surface area contributed by atoms with Gasteiger partial charge in [-0.05, 0) is 55.7 Å². The van der Waals surface area contributed by atoms with Crippen molar-refractivity contribution in [3.05, 3.63) is 71.0 Å². The highest BCUT2D eigenvalue weighted by atomic mass is 32.2. The third kappa shape index (κ3) is 4.28. The predicted molar refractivity (Wildman–Crippen MR) is 118 cm³/mol. The zero-order chi connectivity index (χ0) is 22.2. The second-order valence-corrected chi connectivity index (χ2v) is 9.04. The van der Waals surface area contributed by atoms with Gasteiger partial charge in [-0.2, -0.15) is 5.10 Å². The number of benzene rings is 2. The smallest absolute Gasteiger partial charge is 0.238 e. The molecule has 31 heavy (non-hydrogen) atoms. The van der Waals surface area contributed by atoms with Crippen LogP contribution < -0.4 is 10.5 Å². The topological polar surface area (TPSA) is 119 Å². The fourth-order valence-corrected chi connectivity index (χ4v) is 4.18. The Bertz CT molecular complexity index is 1390. The van der Waals surface area contributed by atoms with Crippen molar-refractivity contribution < 1.29 is 13.2 Å². The first-order chi connectivity index (χ1) is 14.7. The highest BCUT2D eigenvalue weighted by Gasteiger charge is 2.15. The number of aryl methyl sites for hydroxylation is 2. The van der Waals surface area contributed by atoms with Crippen molar-refractivity contribution >= 4 is 32.5 Å². The number of sulfonamides is 1. The van der Waals surface area contributed by atoms with E-state index in [1.165, 1.54) is 12.1 Å². The molecule has 1 amide bonds. The number of rotatable bonds is 6. The van der Waals surface area contributed by atoms with Gasteiger partial charge < -0.3 is 5.32 Å². The Morgan fingerprint density at radius 1 is 1.10 bits per heavy atom. The summed E-state index contributed by atoms with van der Waals surface area (Å²) in [6.07, 6.45) is 0.859. The van der Waals surface area contributed by atoms with Crippen molar-refractivity contribution in [3.8, 4) is 0 Å². The van der Waals surface area contributed by atoms with Crippen LogP contribution in [0.5, 0.6) is 0 Å². The van der Waals surface area contributed by atoms with Crippen molar-refractivity contribution in [3.63, 3.8) is 0 Å². The first-order valence-corrected chi connectivity index (χ1v) is 11.4. The monoisotopic (exact) mass is 437 g/mol. The molecule has 0 fully saturated rings. The Morgan fingerprint density at radius 3 is 2.52 bits per heavy atom. The van der Waals surface area contributed by atoms with E-state index in [-0.39, 0.29) is 10.8 Å². The minimum atomic E-state index is -3.72. The fraction of sp³-hybridized carbons (Fsp3) is 0.227. The minimum Gasteiger partial charge on any atom is -0.352 e. The summed E-state index contributed by atoms with van der Waals surface area (Å²) in [5.74, 6) is -0.0972. The van der Waals surface area contributed by atoms with Crippen LogP contribution in [0.15, 0.2) is 53.4 Å². The molecule has 0 spiro atoms. The number of amides is 1. The van der Waals surface area contributed by atoms with Crippen LogP contribution in [0, 0.1) is 13.8 Å². The molecule has 0 atom stereocenters. The summed E-state index contributed by atoms with van der Waals surface area (Å²) >= 11 is 0. The lowest BCUT2D eigenvalue weighted by molar-refractivity contribution is -0.121. The summed E-state index contributed by atoms with van der Waals surface area (Å²) in [5.41, 5.74) is 5.38. The molecule has 4 rings (SSSR count). The number of nitrogens with one attached hydrogen (secondary N) is 1. The van der Waals surface area contributed by atoms with Crippen molar-refractivity contribution in [2.75, 3.05) is 0 Å². The van der Waals surface area contributed by atoms with Crippen LogP contribution in [0.3, 0.4) is 0 Å². The van der Waals surface area contributed by atoms with Gasteiger partial charge >= 0.3 is 0 Å². The summed E-state index contributed by atoms with van der Waals surface area (Å²) in [5, 5.41) is 13.6. The van der Waals surface area contributed by atoms with E-state index in [1.54, 1.807) is 12.1 Å². The molecular formula is C22H23N5O3S. The molecule has 2 aromatic heterocycles. The molecule has 4 aromatic rings. The highest BCUT2D eigenvalue weighted by molar-refractivity contribution is 7.89. The number of nitrogens with zero attached hydrogens (tertiary/aromatic N) is 3. The molecule has 0 unspecified atom stereocenters. The summed E-state index contributed by atoms with van der Waals surface area (Å²) in [4.78, 5) is 17.2. The molecule has 0 aliphatic heterocycles. The molecule has 0 bridgehead atoms. The van der Waals surface area contributed by atoms with E-state index in [1.807, 2.05) is 42.6 Å². The van der Waals surface area contributed by atoms with Gasteiger partial charge in [0.2, 0.25) is 15.9 Å². The van der Waals surface area contributed by atoms with Gasteiger partial charge in [-0.25, -0.2) is 23.1 Å². The first-order valence-electron chi connectivity index (χ1n) is 9.86. The molecule has 9 heteroatoms.